The van der Waals surface area contributed by atoms with E-state index >= 15 is 0 Å². The lowest BCUT2D eigenvalue weighted by molar-refractivity contribution is 0.0711. The second-order valence-corrected chi connectivity index (χ2v) is 8.31. The molecule has 0 radical (unpaired) electrons. The SMILES string of the molecule is O=C(NO)c1sc(C2CCN(C(=O)N3CCCC3)CC2)nc1-c1ccccc1. The van der Waals surface area contributed by atoms with E-state index in [0.29, 0.717) is 23.7 Å². The van der Waals surface area contributed by atoms with Crippen LogP contribution < -0.4 is 5.48 Å². The first-order valence-electron chi connectivity index (χ1n) is 9.72. The number of hydroxylamine groups is 1. The zero-order valence-corrected chi connectivity index (χ0v) is 16.5. The predicted molar refractivity (Wildman–Crippen MR) is 107 cm³/mol. The summed E-state index contributed by atoms with van der Waals surface area (Å²) in [5.74, 6) is -0.320. The number of hydrogen-bond acceptors (Lipinski definition) is 5. The Morgan fingerprint density at radius 1 is 1.04 bits per heavy atom. The van der Waals surface area contributed by atoms with Crippen molar-refractivity contribution in [2.75, 3.05) is 26.2 Å². The smallest absolute Gasteiger partial charge is 0.319 e. The van der Waals surface area contributed by atoms with Crippen LogP contribution in [0.4, 0.5) is 4.79 Å². The molecule has 2 aromatic rings. The summed E-state index contributed by atoms with van der Waals surface area (Å²) in [5.41, 5.74) is 3.19. The molecule has 2 fully saturated rings. The number of rotatable bonds is 3. The molecule has 3 amide bonds. The van der Waals surface area contributed by atoms with Crippen LogP contribution in [0.2, 0.25) is 0 Å². The van der Waals surface area contributed by atoms with Crippen LogP contribution in [0.15, 0.2) is 30.3 Å². The van der Waals surface area contributed by atoms with Crippen molar-refractivity contribution in [3.8, 4) is 11.3 Å². The van der Waals surface area contributed by atoms with Gasteiger partial charge in [0.15, 0.2) is 0 Å². The van der Waals surface area contributed by atoms with Gasteiger partial charge in [-0.25, -0.2) is 15.3 Å². The van der Waals surface area contributed by atoms with Gasteiger partial charge in [-0.05, 0) is 25.7 Å². The van der Waals surface area contributed by atoms with Crippen LogP contribution in [0.1, 0.15) is 46.3 Å². The Morgan fingerprint density at radius 2 is 1.68 bits per heavy atom. The van der Waals surface area contributed by atoms with Gasteiger partial charge in [0.05, 0.1) is 10.7 Å². The fourth-order valence-corrected chi connectivity index (χ4v) is 5.08. The van der Waals surface area contributed by atoms with Gasteiger partial charge in [0.2, 0.25) is 0 Å². The van der Waals surface area contributed by atoms with Crippen molar-refractivity contribution < 1.29 is 14.8 Å². The number of urea groups is 1. The Morgan fingerprint density at radius 3 is 2.32 bits per heavy atom. The van der Waals surface area contributed by atoms with E-state index in [9.17, 15) is 9.59 Å². The topological polar surface area (TPSA) is 85.8 Å². The molecule has 2 N–H and O–H groups in total. The highest BCUT2D eigenvalue weighted by Crippen LogP contribution is 2.36. The molecule has 0 atom stereocenters. The summed E-state index contributed by atoms with van der Waals surface area (Å²) in [5, 5.41) is 10.0. The van der Waals surface area contributed by atoms with Crippen molar-refractivity contribution in [1.29, 1.82) is 0 Å². The van der Waals surface area contributed by atoms with Gasteiger partial charge >= 0.3 is 6.03 Å². The molecular formula is C20H24N4O3S. The van der Waals surface area contributed by atoms with Gasteiger partial charge in [-0.2, -0.15) is 0 Å². The van der Waals surface area contributed by atoms with Crippen LogP contribution in [0, 0.1) is 0 Å². The van der Waals surface area contributed by atoms with Gasteiger partial charge in [0, 0.05) is 37.7 Å². The number of amides is 3. The van der Waals surface area contributed by atoms with E-state index in [2.05, 4.69) is 0 Å². The number of carbonyl (C=O) groups excluding carboxylic acids is 2. The van der Waals surface area contributed by atoms with Crippen molar-refractivity contribution in [1.82, 2.24) is 20.3 Å². The minimum absolute atomic E-state index is 0.153. The summed E-state index contributed by atoms with van der Waals surface area (Å²) in [7, 11) is 0. The monoisotopic (exact) mass is 400 g/mol. The first-order valence-corrected chi connectivity index (χ1v) is 10.5. The van der Waals surface area contributed by atoms with Crippen LogP contribution in [0.25, 0.3) is 11.3 Å². The number of nitrogens with one attached hydrogen (secondary N) is 1. The number of aromatic nitrogens is 1. The minimum Gasteiger partial charge on any atom is -0.325 e. The number of likely N-dealkylation sites (tertiary alicyclic amines) is 2. The molecule has 0 saturated carbocycles. The van der Waals surface area contributed by atoms with Crippen molar-refractivity contribution in [3.05, 3.63) is 40.2 Å². The lowest BCUT2D eigenvalue weighted by Crippen LogP contribution is -2.45. The zero-order valence-electron chi connectivity index (χ0n) is 15.6. The van der Waals surface area contributed by atoms with Crippen molar-refractivity contribution in [2.24, 2.45) is 0 Å². The molecule has 28 heavy (non-hydrogen) atoms. The van der Waals surface area contributed by atoms with Gasteiger partial charge in [0.1, 0.15) is 4.88 Å². The molecular weight excluding hydrogens is 376 g/mol. The first kappa shape index (κ1) is 18.9. The molecule has 4 rings (SSSR count). The molecule has 7 nitrogen and oxygen atoms in total. The molecule has 2 aliphatic heterocycles. The van der Waals surface area contributed by atoms with Gasteiger partial charge in [-0.1, -0.05) is 30.3 Å². The largest absolute Gasteiger partial charge is 0.325 e. The Bertz CT molecular complexity index is 840. The van der Waals surface area contributed by atoms with Gasteiger partial charge in [0.25, 0.3) is 5.91 Å². The van der Waals surface area contributed by atoms with Gasteiger partial charge in [-0.15, -0.1) is 11.3 Å². The van der Waals surface area contributed by atoms with Crippen LogP contribution in [-0.4, -0.2) is 58.1 Å². The molecule has 1 aromatic carbocycles. The number of carbonyl (C=O) groups is 2. The summed E-state index contributed by atoms with van der Waals surface area (Å²) in [4.78, 5) is 33.8. The van der Waals surface area contributed by atoms with Crippen LogP contribution in [0.3, 0.4) is 0 Å². The molecule has 0 unspecified atom stereocenters. The van der Waals surface area contributed by atoms with E-state index in [1.165, 1.54) is 11.3 Å². The maximum absolute atomic E-state index is 12.6. The molecule has 2 aliphatic rings. The maximum Gasteiger partial charge on any atom is 0.319 e. The van der Waals surface area contributed by atoms with Crippen LogP contribution >= 0.6 is 11.3 Å². The third kappa shape index (κ3) is 3.74. The van der Waals surface area contributed by atoms with E-state index in [0.717, 1.165) is 49.3 Å². The fraction of sp³-hybridized carbons (Fsp3) is 0.450. The highest BCUT2D eigenvalue weighted by molar-refractivity contribution is 7.14. The summed E-state index contributed by atoms with van der Waals surface area (Å²) in [6.07, 6.45) is 3.86. The number of hydrogen-bond donors (Lipinski definition) is 2. The Hall–Kier alpha value is -2.45. The molecule has 0 spiro atoms. The lowest BCUT2D eigenvalue weighted by atomic mass is 9.97. The zero-order chi connectivity index (χ0) is 19.5. The van der Waals surface area contributed by atoms with Crippen LogP contribution in [-0.2, 0) is 0 Å². The van der Waals surface area contributed by atoms with Crippen LogP contribution in [0.5, 0.6) is 0 Å². The molecule has 148 valence electrons. The lowest BCUT2D eigenvalue weighted by Gasteiger charge is -2.33. The third-order valence-electron chi connectivity index (χ3n) is 5.49. The average Bonchev–Trinajstić information content (AvgIpc) is 3.44. The standard InChI is InChI=1S/C20H24N4O3S/c25-18(22-27)17-16(14-6-2-1-3-7-14)21-19(28-17)15-8-12-24(13-9-15)20(26)23-10-4-5-11-23/h1-3,6-7,15,27H,4-5,8-13H2,(H,22,25). The van der Waals surface area contributed by atoms with E-state index in [-0.39, 0.29) is 11.9 Å². The van der Waals surface area contributed by atoms with Crippen molar-refractivity contribution >= 4 is 23.3 Å². The Balaban J connectivity index is 1.50. The average molecular weight is 401 g/mol. The van der Waals surface area contributed by atoms with Gasteiger partial charge in [-0.3, -0.25) is 10.0 Å². The minimum atomic E-state index is -0.538. The quantitative estimate of drug-likeness (QED) is 0.611. The molecule has 8 heteroatoms. The second kappa shape index (κ2) is 8.28. The highest BCUT2D eigenvalue weighted by Gasteiger charge is 2.31. The highest BCUT2D eigenvalue weighted by atomic mass is 32.1. The van der Waals surface area contributed by atoms with Crippen molar-refractivity contribution in [3.63, 3.8) is 0 Å². The summed E-state index contributed by atoms with van der Waals surface area (Å²) in [6.45, 7) is 3.15. The van der Waals surface area contributed by atoms with Gasteiger partial charge < -0.3 is 9.80 Å². The fourth-order valence-electron chi connectivity index (χ4n) is 3.93. The number of piperidine rings is 1. The number of benzene rings is 1. The molecule has 0 aliphatic carbocycles. The first-order chi connectivity index (χ1) is 13.7. The summed E-state index contributed by atoms with van der Waals surface area (Å²) < 4.78 is 0. The molecule has 3 heterocycles. The van der Waals surface area contributed by atoms with E-state index in [1.54, 1.807) is 5.48 Å². The Labute approximate surface area is 167 Å². The number of thiazole rings is 1. The number of nitrogens with zero attached hydrogens (tertiary/aromatic N) is 3. The predicted octanol–water partition coefficient (Wildman–Crippen LogP) is 3.32. The van der Waals surface area contributed by atoms with Crippen molar-refractivity contribution in [2.45, 2.75) is 31.6 Å². The summed E-state index contributed by atoms with van der Waals surface area (Å²) in [6, 6.07) is 9.68. The van der Waals surface area contributed by atoms with E-state index in [4.69, 9.17) is 10.2 Å². The van der Waals surface area contributed by atoms with E-state index in [1.807, 2.05) is 40.1 Å². The molecule has 2 saturated heterocycles. The van der Waals surface area contributed by atoms with E-state index < -0.39 is 5.91 Å². The normalized spacial score (nSPS) is 17.8. The second-order valence-electron chi connectivity index (χ2n) is 7.27. The molecule has 1 aromatic heterocycles. The third-order valence-corrected chi connectivity index (χ3v) is 6.71. The summed E-state index contributed by atoms with van der Waals surface area (Å²) >= 11 is 1.33. The Kier molecular flexibility index (Phi) is 5.59. The maximum atomic E-state index is 12.6. The molecule has 0 bridgehead atoms.